The van der Waals surface area contributed by atoms with Gasteiger partial charge in [-0.3, -0.25) is 0 Å². The number of nitrogens with zero attached hydrogens (tertiary/aromatic N) is 3. The van der Waals surface area contributed by atoms with Gasteiger partial charge in [0.15, 0.2) is 0 Å². The van der Waals surface area contributed by atoms with E-state index in [0.717, 1.165) is 5.69 Å². The zero-order valence-electron chi connectivity index (χ0n) is 11.5. The Morgan fingerprint density at radius 1 is 1.43 bits per heavy atom. The Morgan fingerprint density at radius 2 is 2.14 bits per heavy atom. The summed E-state index contributed by atoms with van der Waals surface area (Å²) in [5.41, 5.74) is 1.54. The van der Waals surface area contributed by atoms with Gasteiger partial charge in [0.05, 0.1) is 24.1 Å². The number of aromatic nitrogens is 2. The molecule has 1 aromatic carbocycles. The van der Waals surface area contributed by atoms with Crippen LogP contribution in [0, 0.1) is 18.3 Å². The Balaban J connectivity index is 2.20. The highest BCUT2D eigenvalue weighted by atomic mass is 35.5. The molecule has 0 fully saturated rings. The van der Waals surface area contributed by atoms with Gasteiger partial charge >= 0.3 is 5.97 Å². The molecule has 0 radical (unpaired) electrons. The molecule has 0 amide bonds. The van der Waals surface area contributed by atoms with Crippen molar-refractivity contribution in [3.8, 4) is 11.8 Å². The summed E-state index contributed by atoms with van der Waals surface area (Å²) in [6, 6.07) is 11.3. The fourth-order valence-corrected chi connectivity index (χ4v) is 2.21. The Kier molecular flexibility index (Phi) is 4.96. The second-order valence-corrected chi connectivity index (χ2v) is 4.75. The summed E-state index contributed by atoms with van der Waals surface area (Å²) in [7, 11) is 0. The van der Waals surface area contributed by atoms with Crippen molar-refractivity contribution in [1.82, 2.24) is 9.78 Å². The molecule has 0 saturated heterocycles. The maximum absolute atomic E-state index is 12.1. The molecule has 1 heterocycles. The number of hydrogen-bond donors (Lipinski definition) is 0. The van der Waals surface area contributed by atoms with Crippen molar-refractivity contribution in [2.24, 2.45) is 0 Å². The molecule has 0 atom stereocenters. The molecule has 5 nitrogen and oxygen atoms in total. The number of halogens is 1. The summed E-state index contributed by atoms with van der Waals surface area (Å²) in [4.78, 5) is 12.1. The summed E-state index contributed by atoms with van der Waals surface area (Å²) >= 11 is 6.25. The second kappa shape index (κ2) is 6.91. The minimum atomic E-state index is -0.516. The molecule has 0 spiro atoms. The van der Waals surface area contributed by atoms with Crippen molar-refractivity contribution >= 4 is 17.6 Å². The zero-order valence-corrected chi connectivity index (χ0v) is 12.3. The lowest BCUT2D eigenvalue weighted by Crippen LogP contribution is -2.07. The Morgan fingerprint density at radius 3 is 2.81 bits per heavy atom. The topological polar surface area (TPSA) is 67.9 Å². The molecule has 0 bridgehead atoms. The SMILES string of the molecule is Cc1nn(-c2ccccc2)c(Cl)c1C(=O)OCCCC#N. The first-order valence-electron chi connectivity index (χ1n) is 6.49. The van der Waals surface area contributed by atoms with Gasteiger partial charge in [0.2, 0.25) is 0 Å². The first-order valence-corrected chi connectivity index (χ1v) is 6.87. The van der Waals surface area contributed by atoms with Crippen molar-refractivity contribution in [1.29, 1.82) is 5.26 Å². The van der Waals surface area contributed by atoms with Crippen LogP contribution in [-0.4, -0.2) is 22.4 Å². The van der Waals surface area contributed by atoms with Crippen LogP contribution in [0.25, 0.3) is 5.69 Å². The van der Waals surface area contributed by atoms with Crippen LogP contribution in [0.2, 0.25) is 5.15 Å². The number of rotatable bonds is 5. The molecule has 108 valence electrons. The van der Waals surface area contributed by atoms with Gasteiger partial charge in [0, 0.05) is 6.42 Å². The maximum Gasteiger partial charge on any atom is 0.343 e. The average molecular weight is 304 g/mol. The highest BCUT2D eigenvalue weighted by molar-refractivity contribution is 6.33. The largest absolute Gasteiger partial charge is 0.462 e. The van der Waals surface area contributed by atoms with E-state index in [2.05, 4.69) is 5.10 Å². The van der Waals surface area contributed by atoms with Crippen molar-refractivity contribution < 1.29 is 9.53 Å². The number of carbonyl (C=O) groups is 1. The Labute approximate surface area is 127 Å². The number of carbonyl (C=O) groups excluding carboxylic acids is 1. The molecular formula is C15H14ClN3O2. The Hall–Kier alpha value is -2.32. The predicted molar refractivity (Wildman–Crippen MR) is 78.4 cm³/mol. The highest BCUT2D eigenvalue weighted by Gasteiger charge is 2.22. The third-order valence-corrected chi connectivity index (χ3v) is 3.22. The monoisotopic (exact) mass is 303 g/mol. The molecule has 1 aromatic heterocycles. The number of aryl methyl sites for hydroxylation is 1. The van der Waals surface area contributed by atoms with Crippen LogP contribution < -0.4 is 0 Å². The standard InChI is InChI=1S/C15H14ClN3O2/c1-11-13(15(20)21-10-6-5-9-17)14(16)19(18-11)12-7-3-2-4-8-12/h2-4,7-8H,5-6,10H2,1H3. The maximum atomic E-state index is 12.1. The summed E-state index contributed by atoms with van der Waals surface area (Å²) in [6.45, 7) is 1.90. The number of esters is 1. The van der Waals surface area contributed by atoms with Gasteiger partial charge in [0.1, 0.15) is 10.7 Å². The number of nitriles is 1. The summed E-state index contributed by atoms with van der Waals surface area (Å²) < 4.78 is 6.62. The normalized spacial score (nSPS) is 10.1. The molecule has 2 aromatic rings. The third-order valence-electron chi connectivity index (χ3n) is 2.88. The van der Waals surface area contributed by atoms with Crippen molar-refractivity contribution in [3.05, 3.63) is 46.7 Å². The van der Waals surface area contributed by atoms with E-state index >= 15 is 0 Å². The molecule has 0 aliphatic carbocycles. The first-order chi connectivity index (χ1) is 10.1. The molecule has 0 aliphatic heterocycles. The molecule has 6 heteroatoms. The van der Waals surface area contributed by atoms with Gasteiger partial charge in [-0.05, 0) is 25.5 Å². The lowest BCUT2D eigenvalue weighted by atomic mass is 10.2. The number of benzene rings is 1. The smallest absolute Gasteiger partial charge is 0.343 e. The van der Waals surface area contributed by atoms with Gasteiger partial charge in [-0.25, -0.2) is 9.48 Å². The van der Waals surface area contributed by atoms with Crippen molar-refractivity contribution in [2.45, 2.75) is 19.8 Å². The minimum Gasteiger partial charge on any atom is -0.462 e. The van der Waals surface area contributed by atoms with E-state index in [-0.39, 0.29) is 17.3 Å². The van der Waals surface area contributed by atoms with Crippen LogP contribution in [0.5, 0.6) is 0 Å². The van der Waals surface area contributed by atoms with Gasteiger partial charge < -0.3 is 4.74 Å². The fraction of sp³-hybridized carbons (Fsp3) is 0.267. The average Bonchev–Trinajstić information content (AvgIpc) is 2.79. The van der Waals surface area contributed by atoms with Crippen LogP contribution in [0.1, 0.15) is 28.9 Å². The quantitative estimate of drug-likeness (QED) is 0.628. The number of para-hydroxylation sites is 1. The molecule has 0 aliphatic rings. The van der Waals surface area contributed by atoms with E-state index in [9.17, 15) is 4.79 Å². The van der Waals surface area contributed by atoms with Gasteiger partial charge in [-0.2, -0.15) is 10.4 Å². The van der Waals surface area contributed by atoms with E-state index in [1.807, 2.05) is 36.4 Å². The number of ether oxygens (including phenoxy) is 1. The van der Waals surface area contributed by atoms with E-state index in [1.165, 1.54) is 4.68 Å². The number of unbranched alkanes of at least 4 members (excludes halogenated alkanes) is 1. The fourth-order valence-electron chi connectivity index (χ4n) is 1.86. The van der Waals surface area contributed by atoms with Gasteiger partial charge in [-0.1, -0.05) is 29.8 Å². The van der Waals surface area contributed by atoms with Gasteiger partial charge in [-0.15, -0.1) is 0 Å². The molecule has 2 rings (SSSR count). The second-order valence-electron chi connectivity index (χ2n) is 4.40. The van der Waals surface area contributed by atoms with Crippen LogP contribution in [0.3, 0.4) is 0 Å². The molecule has 0 unspecified atom stereocenters. The zero-order chi connectivity index (χ0) is 15.2. The number of hydrogen-bond acceptors (Lipinski definition) is 4. The van der Waals surface area contributed by atoms with Crippen molar-refractivity contribution in [2.75, 3.05) is 6.61 Å². The van der Waals surface area contributed by atoms with E-state index in [4.69, 9.17) is 21.6 Å². The van der Waals surface area contributed by atoms with E-state index in [1.54, 1.807) is 6.92 Å². The lowest BCUT2D eigenvalue weighted by molar-refractivity contribution is 0.0501. The van der Waals surface area contributed by atoms with E-state index < -0.39 is 5.97 Å². The predicted octanol–water partition coefficient (Wildman–Crippen LogP) is 3.29. The third kappa shape index (κ3) is 3.41. The van der Waals surface area contributed by atoms with Crippen LogP contribution in [-0.2, 0) is 4.74 Å². The van der Waals surface area contributed by atoms with Crippen molar-refractivity contribution in [3.63, 3.8) is 0 Å². The molecule has 0 N–H and O–H groups in total. The van der Waals surface area contributed by atoms with E-state index in [0.29, 0.717) is 18.5 Å². The highest BCUT2D eigenvalue weighted by Crippen LogP contribution is 2.24. The van der Waals surface area contributed by atoms with Gasteiger partial charge in [0.25, 0.3) is 0 Å². The summed E-state index contributed by atoms with van der Waals surface area (Å²) in [5, 5.41) is 12.9. The van der Waals surface area contributed by atoms with Crippen LogP contribution in [0.15, 0.2) is 30.3 Å². The summed E-state index contributed by atoms with van der Waals surface area (Å²) in [5.74, 6) is -0.516. The molecular weight excluding hydrogens is 290 g/mol. The molecule has 21 heavy (non-hydrogen) atoms. The van der Waals surface area contributed by atoms with Crippen LogP contribution in [0.4, 0.5) is 0 Å². The first kappa shape index (κ1) is 15.1. The molecule has 0 saturated carbocycles. The Bertz CT molecular complexity index is 674. The lowest BCUT2D eigenvalue weighted by Gasteiger charge is -2.04. The minimum absolute atomic E-state index is 0.193. The van der Waals surface area contributed by atoms with Crippen LogP contribution >= 0.6 is 11.6 Å². The summed E-state index contributed by atoms with van der Waals surface area (Å²) in [6.07, 6.45) is 0.856.